The third-order valence-corrected chi connectivity index (χ3v) is 5.07. The predicted octanol–water partition coefficient (Wildman–Crippen LogP) is 7.11. The van der Waals surface area contributed by atoms with E-state index in [2.05, 4.69) is 48.5 Å². The Kier molecular flexibility index (Phi) is 9.53. The fourth-order valence-electron chi connectivity index (χ4n) is 3.48. The molecule has 0 fully saturated rings. The number of phenols is 1. The molecule has 1 aromatic carbocycles. The highest BCUT2D eigenvalue weighted by atomic mass is 16.5. The molecule has 0 bridgehead atoms. The number of carbonyl (C=O) groups excluding carboxylic acids is 1. The Morgan fingerprint density at radius 3 is 2.18 bits per heavy atom. The van der Waals surface area contributed by atoms with Crippen molar-refractivity contribution >= 4 is 5.97 Å². The second kappa shape index (κ2) is 10.9. The van der Waals surface area contributed by atoms with Gasteiger partial charge in [-0.3, -0.25) is 4.79 Å². The number of hydrogen-bond donors (Lipinski definition) is 1. The number of unbranched alkanes of at least 4 members (excludes halogenated alkanes) is 5. The fraction of sp³-hybridized carbons (Fsp3) is 0.720. The van der Waals surface area contributed by atoms with Gasteiger partial charge in [0, 0.05) is 0 Å². The van der Waals surface area contributed by atoms with E-state index < -0.39 is 0 Å². The Morgan fingerprint density at radius 1 is 1.00 bits per heavy atom. The Balaban J connectivity index is 2.85. The molecular weight excluding hydrogens is 348 g/mol. The van der Waals surface area contributed by atoms with Gasteiger partial charge in [-0.2, -0.15) is 0 Å². The topological polar surface area (TPSA) is 46.5 Å². The smallest absolute Gasteiger partial charge is 0.313 e. The van der Waals surface area contributed by atoms with Gasteiger partial charge < -0.3 is 9.84 Å². The third kappa shape index (κ3) is 8.67. The zero-order valence-corrected chi connectivity index (χ0v) is 19.2. The van der Waals surface area contributed by atoms with Crippen molar-refractivity contribution in [2.24, 2.45) is 5.41 Å². The molecule has 0 aliphatic carbocycles. The Bertz CT molecular complexity index is 605. The highest BCUT2D eigenvalue weighted by Crippen LogP contribution is 2.37. The Labute approximate surface area is 172 Å². The molecule has 1 rings (SSSR count). The van der Waals surface area contributed by atoms with Gasteiger partial charge in [-0.1, -0.05) is 92.7 Å². The summed E-state index contributed by atoms with van der Waals surface area (Å²) in [5.41, 5.74) is 1.62. The molecule has 0 aliphatic heterocycles. The number of aromatic hydroxyl groups is 1. The van der Waals surface area contributed by atoms with Crippen molar-refractivity contribution in [2.75, 3.05) is 6.61 Å². The average Bonchev–Trinajstić information content (AvgIpc) is 2.57. The van der Waals surface area contributed by atoms with Gasteiger partial charge in [0.05, 0.1) is 12.5 Å². The minimum Gasteiger partial charge on any atom is -0.508 e. The number of phenolic OH excluding ortho intramolecular Hbond substituents is 1. The van der Waals surface area contributed by atoms with Gasteiger partial charge in [0.25, 0.3) is 0 Å². The number of rotatable bonds is 10. The molecular formula is C25H42O3. The van der Waals surface area contributed by atoms with Gasteiger partial charge in [-0.05, 0) is 40.9 Å². The number of esters is 1. The van der Waals surface area contributed by atoms with Gasteiger partial charge in [-0.15, -0.1) is 0 Å². The maximum absolute atomic E-state index is 12.9. The van der Waals surface area contributed by atoms with Crippen LogP contribution in [-0.4, -0.2) is 17.7 Å². The van der Waals surface area contributed by atoms with E-state index in [9.17, 15) is 9.90 Å². The molecule has 0 amide bonds. The van der Waals surface area contributed by atoms with Crippen molar-refractivity contribution in [3.63, 3.8) is 0 Å². The van der Waals surface area contributed by atoms with Crippen LogP contribution in [0.2, 0.25) is 0 Å². The standard InChI is InChI=1S/C25H42O3/c1-8-9-10-11-12-13-16-28-23(27)20(18-24(2,3)4)19-14-15-22(26)21(17-19)25(5,6)7/h14-15,17,20,26H,8-13,16,18H2,1-7H3. The fourth-order valence-corrected chi connectivity index (χ4v) is 3.48. The van der Waals surface area contributed by atoms with Crippen LogP contribution >= 0.6 is 0 Å². The van der Waals surface area contributed by atoms with E-state index in [0.29, 0.717) is 6.61 Å². The third-order valence-electron chi connectivity index (χ3n) is 5.07. The summed E-state index contributed by atoms with van der Waals surface area (Å²) in [5.74, 6) is -0.165. The van der Waals surface area contributed by atoms with Crippen LogP contribution in [-0.2, 0) is 14.9 Å². The summed E-state index contributed by atoms with van der Waals surface area (Å²) in [5, 5.41) is 10.3. The largest absolute Gasteiger partial charge is 0.508 e. The first-order chi connectivity index (χ1) is 13.0. The number of ether oxygens (including phenoxy) is 1. The van der Waals surface area contributed by atoms with Gasteiger partial charge in [0.15, 0.2) is 0 Å². The molecule has 0 aromatic heterocycles. The second-order valence-electron chi connectivity index (χ2n) is 10.3. The highest BCUT2D eigenvalue weighted by molar-refractivity contribution is 5.78. The van der Waals surface area contributed by atoms with Crippen LogP contribution < -0.4 is 0 Å². The van der Waals surface area contributed by atoms with Crippen molar-refractivity contribution in [3.05, 3.63) is 29.3 Å². The molecule has 1 aromatic rings. The van der Waals surface area contributed by atoms with E-state index in [1.165, 1.54) is 25.7 Å². The maximum atomic E-state index is 12.9. The van der Waals surface area contributed by atoms with Gasteiger partial charge in [0.2, 0.25) is 0 Å². The second-order valence-corrected chi connectivity index (χ2v) is 10.3. The average molecular weight is 391 g/mol. The van der Waals surface area contributed by atoms with Crippen LogP contribution in [0.25, 0.3) is 0 Å². The van der Waals surface area contributed by atoms with Crippen molar-refractivity contribution in [1.82, 2.24) is 0 Å². The van der Waals surface area contributed by atoms with Crippen molar-refractivity contribution < 1.29 is 14.6 Å². The van der Waals surface area contributed by atoms with Crippen LogP contribution in [0.1, 0.15) is 110 Å². The summed E-state index contributed by atoms with van der Waals surface area (Å²) in [7, 11) is 0. The van der Waals surface area contributed by atoms with Crippen LogP contribution in [0.3, 0.4) is 0 Å². The van der Waals surface area contributed by atoms with Crippen LogP contribution in [0, 0.1) is 5.41 Å². The molecule has 0 saturated heterocycles. The SMILES string of the molecule is CCCCCCCCOC(=O)C(CC(C)(C)C)c1ccc(O)c(C(C)(C)C)c1. The molecule has 1 N–H and O–H groups in total. The number of carbonyl (C=O) groups is 1. The maximum Gasteiger partial charge on any atom is 0.313 e. The molecule has 3 nitrogen and oxygen atoms in total. The van der Waals surface area contributed by atoms with Crippen molar-refractivity contribution in [3.8, 4) is 5.75 Å². The minimum absolute atomic E-state index is 0.00359. The monoisotopic (exact) mass is 390 g/mol. The van der Waals surface area contributed by atoms with Crippen LogP contribution in [0.15, 0.2) is 18.2 Å². The zero-order chi connectivity index (χ0) is 21.4. The van der Waals surface area contributed by atoms with Gasteiger partial charge in [-0.25, -0.2) is 0 Å². The van der Waals surface area contributed by atoms with E-state index in [1.807, 2.05) is 12.1 Å². The molecule has 1 unspecified atom stereocenters. The summed E-state index contributed by atoms with van der Waals surface area (Å²) in [6.07, 6.45) is 7.77. The zero-order valence-electron chi connectivity index (χ0n) is 19.2. The first kappa shape index (κ1) is 24.5. The predicted molar refractivity (Wildman–Crippen MR) is 118 cm³/mol. The van der Waals surface area contributed by atoms with E-state index in [0.717, 1.165) is 30.4 Å². The van der Waals surface area contributed by atoms with Crippen LogP contribution in [0.5, 0.6) is 5.75 Å². The lowest BCUT2D eigenvalue weighted by atomic mass is 9.79. The van der Waals surface area contributed by atoms with Crippen molar-refractivity contribution in [2.45, 2.75) is 105 Å². The first-order valence-electron chi connectivity index (χ1n) is 11.0. The quantitative estimate of drug-likeness (QED) is 0.342. The normalized spacial score (nSPS) is 13.4. The Morgan fingerprint density at radius 2 is 1.61 bits per heavy atom. The highest BCUT2D eigenvalue weighted by Gasteiger charge is 2.29. The summed E-state index contributed by atoms with van der Waals surface area (Å²) in [6, 6.07) is 5.57. The molecule has 0 radical (unpaired) electrons. The summed E-state index contributed by atoms with van der Waals surface area (Å²) >= 11 is 0. The first-order valence-corrected chi connectivity index (χ1v) is 11.0. The summed E-state index contributed by atoms with van der Waals surface area (Å²) in [4.78, 5) is 12.9. The van der Waals surface area contributed by atoms with Gasteiger partial charge >= 0.3 is 5.97 Å². The number of hydrogen-bond acceptors (Lipinski definition) is 3. The van der Waals surface area contributed by atoms with E-state index in [1.54, 1.807) is 6.07 Å². The summed E-state index contributed by atoms with van der Waals surface area (Å²) in [6.45, 7) is 15.4. The lowest BCUT2D eigenvalue weighted by Gasteiger charge is -2.27. The lowest BCUT2D eigenvalue weighted by Crippen LogP contribution is -2.23. The minimum atomic E-state index is -0.304. The van der Waals surface area contributed by atoms with Gasteiger partial charge in [0.1, 0.15) is 5.75 Å². The lowest BCUT2D eigenvalue weighted by molar-refractivity contribution is -0.146. The van der Waals surface area contributed by atoms with E-state index in [-0.39, 0.29) is 28.5 Å². The molecule has 28 heavy (non-hydrogen) atoms. The van der Waals surface area contributed by atoms with Crippen LogP contribution in [0.4, 0.5) is 0 Å². The molecule has 0 aliphatic rings. The molecule has 3 heteroatoms. The summed E-state index contributed by atoms with van der Waals surface area (Å²) < 4.78 is 5.67. The van der Waals surface area contributed by atoms with E-state index >= 15 is 0 Å². The molecule has 0 saturated carbocycles. The van der Waals surface area contributed by atoms with Crippen molar-refractivity contribution in [1.29, 1.82) is 0 Å². The number of benzene rings is 1. The molecule has 0 spiro atoms. The van der Waals surface area contributed by atoms with E-state index in [4.69, 9.17) is 4.74 Å². The Hall–Kier alpha value is -1.51. The molecule has 1 atom stereocenters. The molecule has 0 heterocycles. The molecule has 160 valence electrons.